The summed E-state index contributed by atoms with van der Waals surface area (Å²) in [6.07, 6.45) is 0. The van der Waals surface area contributed by atoms with Crippen LogP contribution in [0.3, 0.4) is 0 Å². The molecule has 17 heavy (non-hydrogen) atoms. The Morgan fingerprint density at radius 1 is 1.35 bits per heavy atom. The fourth-order valence-electron chi connectivity index (χ4n) is 1.13. The van der Waals surface area contributed by atoms with Gasteiger partial charge in [-0.05, 0) is 25.1 Å². The molecule has 1 aromatic carbocycles. The van der Waals surface area contributed by atoms with Crippen molar-refractivity contribution in [1.29, 1.82) is 0 Å². The van der Waals surface area contributed by atoms with E-state index in [0.29, 0.717) is 11.1 Å². The van der Waals surface area contributed by atoms with Crippen molar-refractivity contribution in [3.8, 4) is 11.8 Å². The summed E-state index contributed by atoms with van der Waals surface area (Å²) in [5, 5.41) is 0. The summed E-state index contributed by atoms with van der Waals surface area (Å²) < 4.78 is 9.23. The van der Waals surface area contributed by atoms with Crippen molar-refractivity contribution in [1.82, 2.24) is 0 Å². The normalized spacial score (nSPS) is 8.82. The van der Waals surface area contributed by atoms with Crippen molar-refractivity contribution < 1.29 is 19.1 Å². The monoisotopic (exact) mass is 232 g/mol. The molecule has 88 valence electrons. The molecule has 0 N–H and O–H groups in total. The molecule has 0 bridgehead atoms. The lowest BCUT2D eigenvalue weighted by Gasteiger charge is -1.98. The number of ether oxygens (including phenoxy) is 2. The Hall–Kier alpha value is -2.28. The number of hydrogen-bond donors (Lipinski definition) is 0. The summed E-state index contributed by atoms with van der Waals surface area (Å²) in [5.74, 6) is 3.91. The van der Waals surface area contributed by atoms with E-state index in [0.717, 1.165) is 0 Å². The van der Waals surface area contributed by atoms with Gasteiger partial charge in [0.1, 0.15) is 0 Å². The summed E-state index contributed by atoms with van der Waals surface area (Å²) in [4.78, 5) is 22.2. The van der Waals surface area contributed by atoms with Gasteiger partial charge in [0.05, 0.1) is 19.3 Å². The lowest BCUT2D eigenvalue weighted by atomic mass is 10.1. The first-order chi connectivity index (χ1) is 8.17. The van der Waals surface area contributed by atoms with Gasteiger partial charge in [-0.2, -0.15) is 0 Å². The highest BCUT2D eigenvalue weighted by Gasteiger charge is 2.04. The van der Waals surface area contributed by atoms with E-state index in [9.17, 15) is 9.59 Å². The zero-order chi connectivity index (χ0) is 12.7. The van der Waals surface area contributed by atoms with Crippen LogP contribution in [0.2, 0.25) is 0 Å². The van der Waals surface area contributed by atoms with Gasteiger partial charge in [-0.25, -0.2) is 9.59 Å². The number of carbonyl (C=O) groups is 2. The molecule has 0 atom stereocenters. The number of esters is 2. The first-order valence-electron chi connectivity index (χ1n) is 5.04. The minimum absolute atomic E-state index is 0.287. The van der Waals surface area contributed by atoms with E-state index in [1.807, 2.05) is 0 Å². The smallest absolute Gasteiger partial charge is 0.384 e. The largest absolute Gasteiger partial charge is 0.465 e. The average molecular weight is 232 g/mol. The summed E-state index contributed by atoms with van der Waals surface area (Å²) >= 11 is 0. The van der Waals surface area contributed by atoms with Crippen LogP contribution in [0.1, 0.15) is 22.8 Å². The highest BCUT2D eigenvalue weighted by molar-refractivity contribution is 5.91. The molecular weight excluding hydrogens is 220 g/mol. The van der Waals surface area contributed by atoms with Crippen molar-refractivity contribution in [3.63, 3.8) is 0 Å². The van der Waals surface area contributed by atoms with Crippen LogP contribution in [-0.2, 0) is 14.3 Å². The predicted molar refractivity (Wildman–Crippen MR) is 61.3 cm³/mol. The zero-order valence-electron chi connectivity index (χ0n) is 9.65. The number of hydrogen-bond acceptors (Lipinski definition) is 4. The molecule has 4 heteroatoms. The third-order valence-electron chi connectivity index (χ3n) is 1.87. The molecule has 1 rings (SSSR count). The van der Waals surface area contributed by atoms with E-state index in [-0.39, 0.29) is 6.61 Å². The molecule has 1 aromatic rings. The van der Waals surface area contributed by atoms with E-state index in [1.54, 1.807) is 31.2 Å². The molecular formula is C13H12O4. The quantitative estimate of drug-likeness (QED) is 0.571. The molecule has 0 fully saturated rings. The van der Waals surface area contributed by atoms with Crippen molar-refractivity contribution in [2.45, 2.75) is 6.92 Å². The second-order valence-corrected chi connectivity index (χ2v) is 3.04. The maximum Gasteiger partial charge on any atom is 0.384 e. The third kappa shape index (κ3) is 3.99. The lowest BCUT2D eigenvalue weighted by molar-refractivity contribution is -0.136. The van der Waals surface area contributed by atoms with E-state index < -0.39 is 11.9 Å². The molecule has 0 spiro atoms. The van der Waals surface area contributed by atoms with Gasteiger partial charge in [0.15, 0.2) is 0 Å². The Balaban J connectivity index is 2.85. The minimum Gasteiger partial charge on any atom is -0.465 e. The van der Waals surface area contributed by atoms with Crippen LogP contribution in [0.25, 0.3) is 0 Å². The molecule has 0 unspecified atom stereocenters. The van der Waals surface area contributed by atoms with Crippen molar-refractivity contribution in [2.24, 2.45) is 0 Å². The van der Waals surface area contributed by atoms with Gasteiger partial charge in [-0.3, -0.25) is 0 Å². The Labute approximate surface area is 99.5 Å². The molecule has 0 amide bonds. The molecule has 0 aromatic heterocycles. The molecule has 0 aliphatic heterocycles. The maximum atomic E-state index is 11.2. The molecule has 0 heterocycles. The SMILES string of the molecule is CCOC(=O)C#Cc1cccc(C(=O)OC)c1. The summed E-state index contributed by atoms with van der Waals surface area (Å²) in [5.41, 5.74) is 0.948. The van der Waals surface area contributed by atoms with Gasteiger partial charge in [0.25, 0.3) is 0 Å². The highest BCUT2D eigenvalue weighted by Crippen LogP contribution is 2.05. The van der Waals surface area contributed by atoms with E-state index in [1.165, 1.54) is 7.11 Å². The van der Waals surface area contributed by atoms with Crippen LogP contribution in [-0.4, -0.2) is 25.7 Å². The Morgan fingerprint density at radius 3 is 2.76 bits per heavy atom. The molecule has 0 aliphatic carbocycles. The Bertz CT molecular complexity index is 480. The molecule has 0 aliphatic rings. The molecule has 0 saturated carbocycles. The van der Waals surface area contributed by atoms with Crippen molar-refractivity contribution in [3.05, 3.63) is 35.4 Å². The summed E-state index contributed by atoms with van der Waals surface area (Å²) in [6.45, 7) is 1.99. The standard InChI is InChI=1S/C13H12O4/c1-3-17-12(14)8-7-10-5-4-6-11(9-10)13(15)16-2/h4-6,9H,3H2,1-2H3. The second-order valence-electron chi connectivity index (χ2n) is 3.04. The van der Waals surface area contributed by atoms with Crippen LogP contribution >= 0.6 is 0 Å². The van der Waals surface area contributed by atoms with Crippen LogP contribution in [0, 0.1) is 11.8 Å². The zero-order valence-corrected chi connectivity index (χ0v) is 9.65. The predicted octanol–water partition coefficient (Wildman–Crippen LogP) is 1.39. The molecule has 0 saturated heterocycles. The van der Waals surface area contributed by atoms with Gasteiger partial charge in [-0.15, -0.1) is 0 Å². The third-order valence-corrected chi connectivity index (χ3v) is 1.87. The van der Waals surface area contributed by atoms with Crippen LogP contribution in [0.5, 0.6) is 0 Å². The summed E-state index contributed by atoms with van der Waals surface area (Å²) in [7, 11) is 1.30. The highest BCUT2D eigenvalue weighted by atomic mass is 16.5. The lowest BCUT2D eigenvalue weighted by Crippen LogP contribution is -2.01. The van der Waals surface area contributed by atoms with Gasteiger partial charge in [0.2, 0.25) is 0 Å². The van der Waals surface area contributed by atoms with Crippen LogP contribution in [0.15, 0.2) is 24.3 Å². The Kier molecular flexibility index (Phi) is 4.77. The first-order valence-corrected chi connectivity index (χ1v) is 5.04. The van der Waals surface area contributed by atoms with Crippen molar-refractivity contribution in [2.75, 3.05) is 13.7 Å². The fraction of sp³-hybridized carbons (Fsp3) is 0.231. The topological polar surface area (TPSA) is 52.6 Å². The minimum atomic E-state index is -0.587. The van der Waals surface area contributed by atoms with Crippen LogP contribution in [0.4, 0.5) is 0 Å². The summed E-state index contributed by atoms with van der Waals surface area (Å²) in [6, 6.07) is 6.53. The number of rotatable bonds is 2. The van der Waals surface area contributed by atoms with E-state index >= 15 is 0 Å². The van der Waals surface area contributed by atoms with Crippen molar-refractivity contribution >= 4 is 11.9 Å². The first kappa shape index (κ1) is 12.8. The number of methoxy groups -OCH3 is 1. The van der Waals surface area contributed by atoms with E-state index in [4.69, 9.17) is 0 Å². The van der Waals surface area contributed by atoms with Gasteiger partial charge in [0, 0.05) is 11.5 Å². The number of carbonyl (C=O) groups excluding carboxylic acids is 2. The number of benzene rings is 1. The van der Waals surface area contributed by atoms with Gasteiger partial charge < -0.3 is 9.47 Å². The molecule has 0 radical (unpaired) electrons. The maximum absolute atomic E-state index is 11.2. The average Bonchev–Trinajstić information content (AvgIpc) is 2.36. The van der Waals surface area contributed by atoms with Gasteiger partial charge >= 0.3 is 11.9 Å². The van der Waals surface area contributed by atoms with Gasteiger partial charge in [-0.1, -0.05) is 12.0 Å². The van der Waals surface area contributed by atoms with E-state index in [2.05, 4.69) is 21.3 Å². The second kappa shape index (κ2) is 6.33. The molecule has 4 nitrogen and oxygen atoms in total. The fourth-order valence-corrected chi connectivity index (χ4v) is 1.13. The van der Waals surface area contributed by atoms with Crippen LogP contribution < -0.4 is 0 Å². The Morgan fingerprint density at radius 2 is 2.12 bits per heavy atom.